The van der Waals surface area contributed by atoms with E-state index in [-0.39, 0.29) is 29.3 Å². The zero-order valence-corrected chi connectivity index (χ0v) is 23.5. The zero-order chi connectivity index (χ0) is 25.7. The molecule has 7 atom stereocenters. The van der Waals surface area contributed by atoms with Gasteiger partial charge in [-0.3, -0.25) is 0 Å². The van der Waals surface area contributed by atoms with Gasteiger partial charge < -0.3 is 9.84 Å². The average Bonchev–Trinajstić information content (AvgIpc) is 3.19. The molecule has 0 saturated carbocycles. The summed E-state index contributed by atoms with van der Waals surface area (Å²) in [6, 6.07) is -0.212. The standard InChI is InChI=1S/C27H46N4O2S/c1-17(20(4)19(3)15-26(7,8)21(5)32)11-10-12-27(9)25(33-27)14-24(30-31-28)18(2)13-23-16-34-22(6)29-23/h13,16-17,19-21,24-25,32H,10-12,14-15H2,1-9H3/b18-13+. The first-order valence-electron chi connectivity index (χ1n) is 12.8. The Labute approximate surface area is 210 Å². The number of azide groups is 1. The molecule has 0 bridgehead atoms. The minimum absolute atomic E-state index is 0.0523. The summed E-state index contributed by atoms with van der Waals surface area (Å²) in [6.45, 7) is 19.5. The number of aryl methyl sites for hydroxylation is 1. The van der Waals surface area contributed by atoms with E-state index in [0.29, 0.717) is 24.2 Å². The van der Waals surface area contributed by atoms with Crippen LogP contribution in [0.2, 0.25) is 0 Å². The van der Waals surface area contributed by atoms with Crippen molar-refractivity contribution in [1.29, 1.82) is 0 Å². The summed E-state index contributed by atoms with van der Waals surface area (Å²) < 4.78 is 6.12. The van der Waals surface area contributed by atoms with Crippen molar-refractivity contribution in [3.63, 3.8) is 0 Å². The van der Waals surface area contributed by atoms with Gasteiger partial charge in [-0.25, -0.2) is 4.98 Å². The van der Waals surface area contributed by atoms with E-state index in [0.717, 1.165) is 35.5 Å². The van der Waals surface area contributed by atoms with Crippen LogP contribution in [0.5, 0.6) is 0 Å². The molecule has 0 aliphatic carbocycles. The van der Waals surface area contributed by atoms with Gasteiger partial charge in [-0.05, 0) is 81.7 Å². The number of epoxide rings is 1. The normalized spacial score (nSPS) is 25.2. The van der Waals surface area contributed by atoms with Gasteiger partial charge >= 0.3 is 0 Å². The molecule has 0 radical (unpaired) electrons. The largest absolute Gasteiger partial charge is 0.393 e. The molecule has 6 nitrogen and oxygen atoms in total. The molecule has 0 spiro atoms. The Morgan fingerprint density at radius 1 is 1.35 bits per heavy atom. The van der Waals surface area contributed by atoms with Crippen LogP contribution >= 0.6 is 11.3 Å². The number of hydrogen-bond donors (Lipinski definition) is 1. The zero-order valence-electron chi connectivity index (χ0n) is 22.7. The molecule has 192 valence electrons. The Bertz CT molecular complexity index is 874. The van der Waals surface area contributed by atoms with E-state index in [4.69, 9.17) is 10.3 Å². The number of nitrogens with zero attached hydrogens (tertiary/aromatic N) is 4. The summed E-state index contributed by atoms with van der Waals surface area (Å²) >= 11 is 1.62. The Kier molecular flexibility index (Phi) is 10.2. The maximum Gasteiger partial charge on any atom is 0.0920 e. The van der Waals surface area contributed by atoms with Crippen LogP contribution in [0.25, 0.3) is 16.5 Å². The molecule has 7 heteroatoms. The first-order chi connectivity index (χ1) is 15.8. The highest BCUT2D eigenvalue weighted by Gasteiger charge is 2.52. The van der Waals surface area contributed by atoms with E-state index >= 15 is 0 Å². The van der Waals surface area contributed by atoms with Crippen LogP contribution in [-0.2, 0) is 4.74 Å². The van der Waals surface area contributed by atoms with Crippen molar-refractivity contribution in [2.24, 2.45) is 28.3 Å². The predicted octanol–water partition coefficient (Wildman–Crippen LogP) is 7.96. The van der Waals surface area contributed by atoms with Crippen LogP contribution in [0.15, 0.2) is 16.1 Å². The van der Waals surface area contributed by atoms with Crippen LogP contribution in [0.4, 0.5) is 0 Å². The number of ether oxygens (including phenoxy) is 1. The summed E-state index contributed by atoms with van der Waals surface area (Å²) in [4.78, 5) is 7.58. The molecule has 0 amide bonds. The smallest absolute Gasteiger partial charge is 0.0920 e. The Hall–Kier alpha value is -1.40. The minimum Gasteiger partial charge on any atom is -0.393 e. The van der Waals surface area contributed by atoms with Crippen LogP contribution < -0.4 is 0 Å². The highest BCUT2D eigenvalue weighted by molar-refractivity contribution is 7.09. The lowest BCUT2D eigenvalue weighted by molar-refractivity contribution is 0.0373. The van der Waals surface area contributed by atoms with Gasteiger partial charge in [0.05, 0.1) is 34.6 Å². The van der Waals surface area contributed by atoms with Crippen molar-refractivity contribution >= 4 is 17.4 Å². The fraction of sp³-hybridized carbons (Fsp3) is 0.815. The third kappa shape index (κ3) is 8.08. The number of hydrogen-bond acceptors (Lipinski definition) is 5. The molecule has 2 heterocycles. The topological polar surface area (TPSA) is 94.4 Å². The summed E-state index contributed by atoms with van der Waals surface area (Å²) in [5.41, 5.74) is 10.9. The maximum atomic E-state index is 10.1. The van der Waals surface area contributed by atoms with Gasteiger partial charge in [0, 0.05) is 10.3 Å². The molecule has 0 aromatic carbocycles. The predicted molar refractivity (Wildman–Crippen MR) is 143 cm³/mol. The lowest BCUT2D eigenvalue weighted by atomic mass is 9.72. The molecule has 1 N–H and O–H groups in total. The van der Waals surface area contributed by atoms with Gasteiger partial charge in [0.25, 0.3) is 0 Å². The van der Waals surface area contributed by atoms with Crippen molar-refractivity contribution in [2.75, 3.05) is 0 Å². The quantitative estimate of drug-likeness (QED) is 0.124. The summed E-state index contributed by atoms with van der Waals surface area (Å²) in [5.74, 6) is 1.81. The molecule has 2 rings (SSSR count). The second-order valence-electron chi connectivity index (χ2n) is 11.6. The van der Waals surface area contributed by atoms with Gasteiger partial charge in [-0.1, -0.05) is 58.1 Å². The molecular formula is C27H46N4O2S. The van der Waals surface area contributed by atoms with E-state index in [9.17, 15) is 5.11 Å². The number of aliphatic hydroxyl groups is 1. The van der Waals surface area contributed by atoms with Crippen molar-refractivity contribution in [2.45, 2.75) is 118 Å². The second-order valence-corrected chi connectivity index (χ2v) is 12.7. The van der Waals surface area contributed by atoms with Crippen molar-refractivity contribution in [1.82, 2.24) is 4.98 Å². The molecule has 1 aromatic rings. The van der Waals surface area contributed by atoms with Crippen LogP contribution in [0.1, 0.15) is 98.2 Å². The van der Waals surface area contributed by atoms with Crippen LogP contribution in [0, 0.1) is 30.1 Å². The van der Waals surface area contributed by atoms with E-state index in [2.05, 4.69) is 56.6 Å². The van der Waals surface area contributed by atoms with Crippen LogP contribution in [0.3, 0.4) is 0 Å². The Balaban J connectivity index is 1.84. The summed E-state index contributed by atoms with van der Waals surface area (Å²) in [5, 5.41) is 17.2. The lowest BCUT2D eigenvalue weighted by Crippen LogP contribution is -2.31. The molecular weight excluding hydrogens is 444 g/mol. The third-order valence-electron chi connectivity index (χ3n) is 8.31. The first kappa shape index (κ1) is 28.8. The van der Waals surface area contributed by atoms with Crippen LogP contribution in [-0.4, -0.2) is 33.9 Å². The van der Waals surface area contributed by atoms with Gasteiger partial charge in [-0.15, -0.1) is 11.3 Å². The highest BCUT2D eigenvalue weighted by atomic mass is 32.1. The molecule has 7 unspecified atom stereocenters. The fourth-order valence-corrected chi connectivity index (χ4v) is 5.53. The van der Waals surface area contributed by atoms with E-state index in [1.807, 2.05) is 32.2 Å². The van der Waals surface area contributed by atoms with E-state index < -0.39 is 0 Å². The van der Waals surface area contributed by atoms with E-state index in [1.54, 1.807) is 11.3 Å². The number of rotatable bonds is 14. The molecule has 34 heavy (non-hydrogen) atoms. The minimum atomic E-state index is -0.292. The second kappa shape index (κ2) is 12.0. The van der Waals surface area contributed by atoms with Gasteiger partial charge in [-0.2, -0.15) is 0 Å². The van der Waals surface area contributed by atoms with E-state index in [1.165, 1.54) is 6.42 Å². The number of aliphatic hydroxyl groups excluding tert-OH is 1. The highest BCUT2D eigenvalue weighted by Crippen LogP contribution is 2.45. The van der Waals surface area contributed by atoms with Crippen molar-refractivity contribution in [3.05, 3.63) is 32.1 Å². The van der Waals surface area contributed by atoms with Crippen molar-refractivity contribution in [3.8, 4) is 0 Å². The number of aromatic nitrogens is 1. The van der Waals surface area contributed by atoms with Crippen molar-refractivity contribution < 1.29 is 9.84 Å². The summed E-state index contributed by atoms with van der Waals surface area (Å²) in [7, 11) is 0. The number of thiazole rings is 1. The fourth-order valence-electron chi connectivity index (χ4n) is 4.96. The molecule has 1 aliphatic heterocycles. The Morgan fingerprint density at radius 2 is 2.03 bits per heavy atom. The Morgan fingerprint density at radius 3 is 2.59 bits per heavy atom. The van der Waals surface area contributed by atoms with Gasteiger partial charge in [0.2, 0.25) is 0 Å². The summed E-state index contributed by atoms with van der Waals surface area (Å²) in [6.07, 6.45) is 6.93. The van der Waals surface area contributed by atoms with Gasteiger partial charge in [0.1, 0.15) is 0 Å². The lowest BCUT2D eigenvalue weighted by Gasteiger charge is -2.35. The molecule has 1 fully saturated rings. The first-order valence-corrected chi connectivity index (χ1v) is 13.7. The van der Waals surface area contributed by atoms with Gasteiger partial charge in [0.15, 0.2) is 0 Å². The molecule has 1 aliphatic rings. The molecule has 1 saturated heterocycles. The SMILES string of the molecule is C/C(=C\c1csc(C)n1)C(CC1OC1(C)CCCC(C)C(C)C(C)CC(C)(C)C(C)O)N=[N+]=[N-]. The molecule has 1 aromatic heterocycles. The maximum absolute atomic E-state index is 10.1. The third-order valence-corrected chi connectivity index (χ3v) is 9.10. The monoisotopic (exact) mass is 490 g/mol. The average molecular weight is 491 g/mol.